The number of pyridine rings is 1. The average Bonchev–Trinajstić information content (AvgIpc) is 2.78. The van der Waals surface area contributed by atoms with Crippen molar-refractivity contribution in [2.75, 3.05) is 4.31 Å². The molecule has 1 aromatic heterocycles. The molecule has 1 atom stereocenters. The summed E-state index contributed by atoms with van der Waals surface area (Å²) in [6.07, 6.45) is 1.99. The third kappa shape index (κ3) is 2.45. The Morgan fingerprint density at radius 2 is 2.10 bits per heavy atom. The van der Waals surface area contributed by atoms with Gasteiger partial charge in [0.2, 0.25) is 0 Å². The van der Waals surface area contributed by atoms with Crippen LogP contribution in [-0.2, 0) is 16.4 Å². The predicted molar refractivity (Wildman–Crippen MR) is 86.2 cm³/mol. The number of nitrogens with zero attached hydrogens (tertiary/aromatic N) is 2. The van der Waals surface area contributed by atoms with Crippen LogP contribution in [0.2, 0.25) is 5.15 Å². The van der Waals surface area contributed by atoms with E-state index in [1.165, 1.54) is 16.6 Å². The normalized spacial score (nSPS) is 17.9. The Morgan fingerprint density at radius 3 is 2.81 bits per heavy atom. The maximum atomic E-state index is 12.9. The van der Waals surface area contributed by atoms with Gasteiger partial charge in [0, 0.05) is 12.2 Å². The first kappa shape index (κ1) is 14.8. The van der Waals surface area contributed by atoms with Crippen LogP contribution in [0.3, 0.4) is 0 Å². The molecule has 3 rings (SSSR count). The number of para-hydroxylation sites is 1. The van der Waals surface area contributed by atoms with Gasteiger partial charge in [0.25, 0.3) is 10.0 Å². The fourth-order valence-electron chi connectivity index (χ4n) is 2.56. The largest absolute Gasteiger partial charge is 0.266 e. The van der Waals surface area contributed by atoms with Crippen molar-refractivity contribution >= 4 is 43.2 Å². The second kappa shape index (κ2) is 5.26. The van der Waals surface area contributed by atoms with Gasteiger partial charge < -0.3 is 0 Å². The summed E-state index contributed by atoms with van der Waals surface area (Å²) in [5.74, 6) is 0. The van der Waals surface area contributed by atoms with Crippen LogP contribution in [-0.4, -0.2) is 19.4 Å². The monoisotopic (exact) mass is 386 g/mol. The summed E-state index contributed by atoms with van der Waals surface area (Å²) in [6.45, 7) is 1.90. The zero-order chi connectivity index (χ0) is 15.2. The van der Waals surface area contributed by atoms with Crippen molar-refractivity contribution in [3.63, 3.8) is 0 Å². The predicted octanol–water partition coefficient (Wildman–Crippen LogP) is 3.64. The molecular formula is C14H12BrClN2O2S. The van der Waals surface area contributed by atoms with E-state index in [4.69, 9.17) is 11.6 Å². The number of fused-ring (bicyclic) bond motifs is 1. The van der Waals surface area contributed by atoms with Crippen LogP contribution >= 0.6 is 27.5 Å². The Morgan fingerprint density at radius 1 is 1.38 bits per heavy atom. The number of hydrogen-bond donors (Lipinski definition) is 0. The Labute approximate surface area is 136 Å². The topological polar surface area (TPSA) is 50.3 Å². The molecule has 21 heavy (non-hydrogen) atoms. The standard InChI is InChI=1S/C14H12BrClN2O2S/c1-9-6-10-4-2-3-5-13(10)18(9)21(19,20)11-7-12(15)14(16)17-8-11/h2-5,7-9H,6H2,1H3/t9-/m0/s1. The van der Waals surface area contributed by atoms with E-state index >= 15 is 0 Å². The number of anilines is 1. The van der Waals surface area contributed by atoms with E-state index in [0.29, 0.717) is 10.9 Å². The molecule has 0 N–H and O–H groups in total. The fourth-order valence-corrected chi connectivity index (χ4v) is 4.83. The van der Waals surface area contributed by atoms with Gasteiger partial charge >= 0.3 is 0 Å². The van der Waals surface area contributed by atoms with Crippen LogP contribution < -0.4 is 4.31 Å². The van der Waals surface area contributed by atoms with E-state index in [2.05, 4.69) is 20.9 Å². The molecule has 0 amide bonds. The van der Waals surface area contributed by atoms with Gasteiger partial charge in [0.05, 0.1) is 10.2 Å². The molecule has 2 aromatic rings. The second-order valence-electron chi connectivity index (χ2n) is 4.93. The molecule has 0 unspecified atom stereocenters. The molecule has 1 aliphatic heterocycles. The summed E-state index contributed by atoms with van der Waals surface area (Å²) in [7, 11) is -3.66. The van der Waals surface area contributed by atoms with Gasteiger partial charge in [-0.1, -0.05) is 29.8 Å². The Bertz CT molecular complexity index is 810. The molecule has 0 bridgehead atoms. The molecule has 0 aliphatic carbocycles. The number of benzene rings is 1. The van der Waals surface area contributed by atoms with Crippen LogP contribution in [0.4, 0.5) is 5.69 Å². The lowest BCUT2D eigenvalue weighted by molar-refractivity contribution is 0.583. The first-order valence-electron chi connectivity index (χ1n) is 6.34. The highest BCUT2D eigenvalue weighted by molar-refractivity contribution is 9.10. The lowest BCUT2D eigenvalue weighted by Gasteiger charge is -2.24. The lowest BCUT2D eigenvalue weighted by Crippen LogP contribution is -2.35. The molecule has 1 aliphatic rings. The van der Waals surface area contributed by atoms with E-state index < -0.39 is 10.0 Å². The van der Waals surface area contributed by atoms with Crippen molar-refractivity contribution in [3.05, 3.63) is 51.7 Å². The SMILES string of the molecule is C[C@H]1Cc2ccccc2N1S(=O)(=O)c1cnc(Cl)c(Br)c1. The van der Waals surface area contributed by atoms with Crippen LogP contribution in [0.25, 0.3) is 0 Å². The van der Waals surface area contributed by atoms with E-state index in [-0.39, 0.29) is 16.1 Å². The number of hydrogen-bond acceptors (Lipinski definition) is 3. The molecule has 0 radical (unpaired) electrons. The zero-order valence-corrected chi connectivity index (χ0v) is 14.3. The van der Waals surface area contributed by atoms with Gasteiger partial charge in [-0.2, -0.15) is 0 Å². The zero-order valence-electron chi connectivity index (χ0n) is 11.1. The Hall–Kier alpha value is -1.11. The minimum atomic E-state index is -3.66. The van der Waals surface area contributed by atoms with Gasteiger partial charge in [-0.05, 0) is 47.0 Å². The lowest BCUT2D eigenvalue weighted by atomic mass is 10.1. The fraction of sp³-hybridized carbons (Fsp3) is 0.214. The summed E-state index contributed by atoms with van der Waals surface area (Å²) >= 11 is 9.05. The first-order chi connectivity index (χ1) is 9.91. The molecule has 0 spiro atoms. The average molecular weight is 388 g/mol. The van der Waals surface area contributed by atoms with Gasteiger partial charge in [0.1, 0.15) is 10.0 Å². The van der Waals surface area contributed by atoms with Crippen LogP contribution in [0.1, 0.15) is 12.5 Å². The maximum absolute atomic E-state index is 12.9. The first-order valence-corrected chi connectivity index (χ1v) is 8.96. The molecule has 0 saturated carbocycles. The van der Waals surface area contributed by atoms with E-state index in [1.807, 2.05) is 31.2 Å². The van der Waals surface area contributed by atoms with Gasteiger partial charge in [-0.25, -0.2) is 13.4 Å². The van der Waals surface area contributed by atoms with Gasteiger partial charge in [0.15, 0.2) is 0 Å². The Balaban J connectivity index is 2.12. The molecule has 2 heterocycles. The van der Waals surface area contributed by atoms with Crippen molar-refractivity contribution in [2.45, 2.75) is 24.3 Å². The quantitative estimate of drug-likeness (QED) is 0.739. The molecule has 1 aromatic carbocycles. The van der Waals surface area contributed by atoms with Crippen molar-refractivity contribution < 1.29 is 8.42 Å². The van der Waals surface area contributed by atoms with Crippen molar-refractivity contribution in [1.82, 2.24) is 4.98 Å². The van der Waals surface area contributed by atoms with Crippen LogP contribution in [0.15, 0.2) is 45.9 Å². The van der Waals surface area contributed by atoms with E-state index in [0.717, 1.165) is 11.3 Å². The van der Waals surface area contributed by atoms with Crippen molar-refractivity contribution in [1.29, 1.82) is 0 Å². The summed E-state index contributed by atoms with van der Waals surface area (Å²) in [5.41, 5.74) is 1.77. The number of halogens is 2. The van der Waals surface area contributed by atoms with Crippen molar-refractivity contribution in [3.8, 4) is 0 Å². The third-order valence-corrected chi connectivity index (χ3v) is 6.50. The third-order valence-electron chi connectivity index (χ3n) is 3.47. The molecule has 0 saturated heterocycles. The summed E-state index contributed by atoms with van der Waals surface area (Å²) in [6, 6.07) is 8.91. The number of aromatic nitrogens is 1. The highest BCUT2D eigenvalue weighted by atomic mass is 79.9. The molecule has 7 heteroatoms. The van der Waals surface area contributed by atoms with E-state index in [1.54, 1.807) is 0 Å². The van der Waals surface area contributed by atoms with Crippen LogP contribution in [0.5, 0.6) is 0 Å². The Kier molecular flexibility index (Phi) is 3.71. The van der Waals surface area contributed by atoms with Crippen molar-refractivity contribution in [2.24, 2.45) is 0 Å². The minimum absolute atomic E-state index is 0.123. The maximum Gasteiger partial charge on any atom is 0.266 e. The molecule has 4 nitrogen and oxygen atoms in total. The summed E-state index contributed by atoms with van der Waals surface area (Å²) in [5, 5.41) is 0.240. The summed E-state index contributed by atoms with van der Waals surface area (Å²) in [4.78, 5) is 4.04. The highest BCUT2D eigenvalue weighted by Gasteiger charge is 2.36. The second-order valence-corrected chi connectivity index (χ2v) is 7.95. The smallest absolute Gasteiger partial charge is 0.263 e. The number of sulfonamides is 1. The van der Waals surface area contributed by atoms with Crippen LogP contribution in [0, 0.1) is 0 Å². The molecular weight excluding hydrogens is 376 g/mol. The molecule has 110 valence electrons. The van der Waals surface area contributed by atoms with Gasteiger partial charge in [-0.3, -0.25) is 4.31 Å². The highest BCUT2D eigenvalue weighted by Crippen LogP contribution is 2.37. The summed E-state index contributed by atoms with van der Waals surface area (Å²) < 4.78 is 27.7. The van der Waals surface area contributed by atoms with E-state index in [9.17, 15) is 8.42 Å². The molecule has 0 fully saturated rings. The number of rotatable bonds is 2. The van der Waals surface area contributed by atoms with Gasteiger partial charge in [-0.15, -0.1) is 0 Å². The minimum Gasteiger partial charge on any atom is -0.263 e.